The largest absolute Gasteiger partial charge is 0.443 e. The van der Waals surface area contributed by atoms with Crippen LogP contribution in [0.4, 0.5) is 14.4 Å². The molecule has 11 heteroatoms. The Hall–Kier alpha value is -3.96. The molecule has 2 rings (SSSR count). The van der Waals surface area contributed by atoms with Crippen molar-refractivity contribution >= 4 is 24.1 Å². The van der Waals surface area contributed by atoms with Crippen molar-refractivity contribution in [3.05, 3.63) is 71.8 Å². The van der Waals surface area contributed by atoms with E-state index in [2.05, 4.69) is 0 Å². The van der Waals surface area contributed by atoms with E-state index in [0.29, 0.717) is 11.1 Å². The van der Waals surface area contributed by atoms with Crippen LogP contribution < -0.4 is 17.0 Å². The quantitative estimate of drug-likeness (QED) is 0.316. The first kappa shape index (κ1) is 26.3. The van der Waals surface area contributed by atoms with E-state index in [0.717, 1.165) is 0 Å². The van der Waals surface area contributed by atoms with E-state index in [4.69, 9.17) is 21.1 Å². The number of hydrogen-bond acceptors (Lipinski definition) is 8. The highest BCUT2D eigenvalue weighted by molar-refractivity contribution is 6.01. The third-order valence-corrected chi connectivity index (χ3v) is 4.52. The molecule has 0 bridgehead atoms. The summed E-state index contributed by atoms with van der Waals surface area (Å²) in [4.78, 5) is 51.4. The zero-order valence-electron chi connectivity index (χ0n) is 19.0. The highest BCUT2D eigenvalue weighted by Crippen LogP contribution is 2.14. The average molecular weight is 472 g/mol. The molecule has 11 nitrogen and oxygen atoms in total. The van der Waals surface area contributed by atoms with Crippen molar-refractivity contribution in [2.75, 3.05) is 0 Å². The molecule has 0 saturated heterocycles. The van der Waals surface area contributed by atoms with Gasteiger partial charge in [-0.1, -0.05) is 74.5 Å². The van der Waals surface area contributed by atoms with Crippen LogP contribution in [0, 0.1) is 5.92 Å². The van der Waals surface area contributed by atoms with Gasteiger partial charge in [-0.15, -0.1) is 10.0 Å². The van der Waals surface area contributed by atoms with Crippen LogP contribution in [0.25, 0.3) is 0 Å². The van der Waals surface area contributed by atoms with Crippen LogP contribution in [0.3, 0.4) is 0 Å². The molecule has 182 valence electrons. The summed E-state index contributed by atoms with van der Waals surface area (Å²) in [5, 5.41) is 0.351. The number of imide groups is 2. The van der Waals surface area contributed by atoms with E-state index < -0.39 is 30.2 Å². The molecular formula is C23H29N5O6. The molecule has 2 aromatic carbocycles. The van der Waals surface area contributed by atoms with Crippen molar-refractivity contribution in [1.82, 2.24) is 15.4 Å². The fraction of sp³-hybridized carbons (Fsp3) is 0.304. The third kappa shape index (κ3) is 7.57. The molecule has 34 heavy (non-hydrogen) atoms. The smallest absolute Gasteiger partial charge is 0.438 e. The maximum Gasteiger partial charge on any atom is 0.438 e. The zero-order chi connectivity index (χ0) is 25.1. The SMILES string of the molecule is CC(C)C[C@H](N)C(=O)N(C(=O)OCc1ccccc1)N(C(=O)NN)C(=O)OCc1ccccc1. The molecule has 2 aromatic rings. The number of carbonyl (C=O) groups is 4. The van der Waals surface area contributed by atoms with Gasteiger partial charge in [0.25, 0.3) is 5.91 Å². The maximum absolute atomic E-state index is 13.1. The molecule has 0 aliphatic carbocycles. The number of nitrogens with one attached hydrogen (secondary N) is 1. The molecule has 0 spiro atoms. The number of nitrogens with zero attached hydrogens (tertiary/aromatic N) is 2. The summed E-state index contributed by atoms with van der Waals surface area (Å²) in [5.74, 6) is 4.16. The summed E-state index contributed by atoms with van der Waals surface area (Å²) < 4.78 is 10.3. The molecule has 0 saturated carbocycles. The zero-order valence-corrected chi connectivity index (χ0v) is 19.0. The number of carbonyl (C=O) groups excluding carboxylic acids is 4. The maximum atomic E-state index is 13.1. The van der Waals surface area contributed by atoms with Crippen LogP contribution in [0.15, 0.2) is 60.7 Å². The minimum Gasteiger partial charge on any atom is -0.443 e. The van der Waals surface area contributed by atoms with E-state index >= 15 is 0 Å². The number of amides is 5. The Balaban J connectivity index is 2.30. The predicted molar refractivity (Wildman–Crippen MR) is 122 cm³/mol. The number of hydrogen-bond donors (Lipinski definition) is 3. The number of ether oxygens (including phenoxy) is 2. The number of nitrogens with two attached hydrogens (primary N) is 2. The lowest BCUT2D eigenvalue weighted by molar-refractivity contribution is -0.141. The van der Waals surface area contributed by atoms with Gasteiger partial charge >= 0.3 is 18.2 Å². The fourth-order valence-electron chi connectivity index (χ4n) is 2.91. The normalized spacial score (nSPS) is 11.3. The molecule has 5 N–H and O–H groups in total. The third-order valence-electron chi connectivity index (χ3n) is 4.52. The Morgan fingerprint density at radius 2 is 1.26 bits per heavy atom. The Bertz CT molecular complexity index is 970. The fourth-order valence-corrected chi connectivity index (χ4v) is 2.91. The first-order chi connectivity index (χ1) is 16.2. The van der Waals surface area contributed by atoms with E-state index in [9.17, 15) is 19.2 Å². The van der Waals surface area contributed by atoms with Crippen LogP contribution >= 0.6 is 0 Å². The number of urea groups is 1. The van der Waals surface area contributed by atoms with Gasteiger partial charge in [-0.2, -0.15) is 0 Å². The molecule has 0 heterocycles. The van der Waals surface area contributed by atoms with E-state index in [1.165, 1.54) is 0 Å². The van der Waals surface area contributed by atoms with Crippen LogP contribution in [0.2, 0.25) is 0 Å². The first-order valence-corrected chi connectivity index (χ1v) is 10.6. The van der Waals surface area contributed by atoms with Gasteiger partial charge in [0, 0.05) is 0 Å². The first-order valence-electron chi connectivity index (χ1n) is 10.6. The van der Waals surface area contributed by atoms with Crippen molar-refractivity contribution in [2.24, 2.45) is 17.5 Å². The second kappa shape index (κ2) is 12.9. The Kier molecular flexibility index (Phi) is 9.99. The van der Waals surface area contributed by atoms with Gasteiger partial charge in [0.1, 0.15) is 13.2 Å². The molecule has 0 fully saturated rings. The van der Waals surface area contributed by atoms with Crippen molar-refractivity contribution in [1.29, 1.82) is 0 Å². The summed E-state index contributed by atoms with van der Waals surface area (Å²) in [6.07, 6.45) is -2.44. The monoisotopic (exact) mass is 471 g/mol. The molecular weight excluding hydrogens is 442 g/mol. The molecule has 0 aliphatic rings. The van der Waals surface area contributed by atoms with Gasteiger partial charge in [0.2, 0.25) is 0 Å². The van der Waals surface area contributed by atoms with Gasteiger partial charge < -0.3 is 15.2 Å². The van der Waals surface area contributed by atoms with Crippen LogP contribution in [-0.2, 0) is 27.5 Å². The second-order valence-electron chi connectivity index (χ2n) is 7.73. The summed E-state index contributed by atoms with van der Waals surface area (Å²) in [6.45, 7) is 3.20. The average Bonchev–Trinajstić information content (AvgIpc) is 2.84. The van der Waals surface area contributed by atoms with Crippen molar-refractivity contribution < 1.29 is 28.7 Å². The summed E-state index contributed by atoms with van der Waals surface area (Å²) in [6, 6.07) is 14.8. The van der Waals surface area contributed by atoms with E-state index in [1.807, 2.05) is 13.8 Å². The lowest BCUT2D eigenvalue weighted by Crippen LogP contribution is -2.62. The number of hydrazine groups is 2. The molecule has 1 atom stereocenters. The molecule has 0 aromatic heterocycles. The second-order valence-corrected chi connectivity index (χ2v) is 7.73. The molecule has 0 unspecified atom stereocenters. The van der Waals surface area contributed by atoms with Gasteiger partial charge in [-0.25, -0.2) is 20.2 Å². The Morgan fingerprint density at radius 3 is 1.68 bits per heavy atom. The number of benzene rings is 2. The van der Waals surface area contributed by atoms with Crippen LogP contribution in [0.5, 0.6) is 0 Å². The van der Waals surface area contributed by atoms with Crippen molar-refractivity contribution in [3.63, 3.8) is 0 Å². The standard InChI is InChI=1S/C23H29N5O6/c1-16(2)13-19(24)20(29)27(22(31)33-14-17-9-5-3-6-10-17)28(21(30)26-25)23(32)34-15-18-11-7-4-8-12-18/h3-12,16,19H,13-15,24-25H2,1-2H3,(H,26,30)/t19-/m0/s1. The minimum absolute atomic E-state index is 0.0112. The topological polar surface area (TPSA) is 157 Å². The van der Waals surface area contributed by atoms with E-state index in [-0.39, 0.29) is 35.6 Å². The predicted octanol–water partition coefficient (Wildman–Crippen LogP) is 2.66. The van der Waals surface area contributed by atoms with Crippen LogP contribution in [0.1, 0.15) is 31.4 Å². The summed E-state index contributed by atoms with van der Waals surface area (Å²) in [5.41, 5.74) is 8.94. The Labute approximate surface area is 197 Å². The summed E-state index contributed by atoms with van der Waals surface area (Å²) in [7, 11) is 0. The minimum atomic E-state index is -1.33. The van der Waals surface area contributed by atoms with Crippen LogP contribution in [-0.4, -0.2) is 40.2 Å². The van der Waals surface area contributed by atoms with Gasteiger partial charge in [0.05, 0.1) is 6.04 Å². The Morgan fingerprint density at radius 1 is 0.824 bits per heavy atom. The number of rotatable bonds is 7. The molecule has 0 radical (unpaired) electrons. The lowest BCUT2D eigenvalue weighted by Gasteiger charge is -2.31. The van der Waals surface area contributed by atoms with Gasteiger partial charge in [-0.3, -0.25) is 10.2 Å². The van der Waals surface area contributed by atoms with E-state index in [1.54, 1.807) is 66.1 Å². The van der Waals surface area contributed by atoms with Crippen molar-refractivity contribution in [3.8, 4) is 0 Å². The van der Waals surface area contributed by atoms with Crippen molar-refractivity contribution in [2.45, 2.75) is 39.5 Å². The highest BCUT2D eigenvalue weighted by Gasteiger charge is 2.41. The lowest BCUT2D eigenvalue weighted by atomic mass is 10.0. The highest BCUT2D eigenvalue weighted by atomic mass is 16.6. The van der Waals surface area contributed by atoms with Gasteiger partial charge in [0.15, 0.2) is 0 Å². The summed E-state index contributed by atoms with van der Waals surface area (Å²) >= 11 is 0. The molecule has 5 amide bonds. The van der Waals surface area contributed by atoms with Gasteiger partial charge in [-0.05, 0) is 23.5 Å². The molecule has 0 aliphatic heterocycles.